The molecule has 0 saturated heterocycles. The zero-order valence-corrected chi connectivity index (χ0v) is 15.5. The SMILES string of the molecule is C=C1Nc2ncnn2[C@@H](c2ccc(OC)c(OC)c2)[C@@H]1C(=O)OCCOC. The maximum absolute atomic E-state index is 12.8. The third kappa shape index (κ3) is 3.59. The summed E-state index contributed by atoms with van der Waals surface area (Å²) in [5.41, 5.74) is 1.27. The molecule has 2 aromatic rings. The fraction of sp³-hybridized carbons (Fsp3) is 0.389. The lowest BCUT2D eigenvalue weighted by molar-refractivity contribution is -0.149. The number of carbonyl (C=O) groups excluding carboxylic acids is 1. The average Bonchev–Trinajstić information content (AvgIpc) is 3.14. The van der Waals surface area contributed by atoms with Crippen LogP contribution in [0.2, 0.25) is 0 Å². The maximum atomic E-state index is 12.8. The minimum absolute atomic E-state index is 0.155. The van der Waals surface area contributed by atoms with Crippen LogP contribution in [0.4, 0.5) is 5.95 Å². The van der Waals surface area contributed by atoms with Crippen molar-refractivity contribution < 1.29 is 23.7 Å². The molecule has 2 atom stereocenters. The summed E-state index contributed by atoms with van der Waals surface area (Å²) in [6, 6.07) is 4.95. The van der Waals surface area contributed by atoms with Crippen molar-refractivity contribution in [3.05, 3.63) is 42.4 Å². The van der Waals surface area contributed by atoms with Crippen LogP contribution in [0, 0.1) is 5.92 Å². The Balaban J connectivity index is 2.02. The summed E-state index contributed by atoms with van der Waals surface area (Å²) in [7, 11) is 4.67. The van der Waals surface area contributed by atoms with E-state index in [1.54, 1.807) is 32.1 Å². The molecular formula is C18H22N4O5. The monoisotopic (exact) mass is 374 g/mol. The molecule has 1 aromatic heterocycles. The third-order valence-corrected chi connectivity index (χ3v) is 4.33. The van der Waals surface area contributed by atoms with E-state index < -0.39 is 17.9 Å². The molecule has 1 N–H and O–H groups in total. The molecule has 0 saturated carbocycles. The van der Waals surface area contributed by atoms with E-state index in [1.807, 2.05) is 12.1 Å². The molecule has 0 radical (unpaired) electrons. The predicted octanol–water partition coefficient (Wildman–Crippen LogP) is 1.63. The summed E-state index contributed by atoms with van der Waals surface area (Å²) in [5, 5.41) is 7.29. The van der Waals surface area contributed by atoms with Crippen LogP contribution in [0.5, 0.6) is 11.5 Å². The fourth-order valence-corrected chi connectivity index (χ4v) is 3.05. The summed E-state index contributed by atoms with van der Waals surface area (Å²) < 4.78 is 22.6. The van der Waals surface area contributed by atoms with Gasteiger partial charge in [0.25, 0.3) is 0 Å². The van der Waals surface area contributed by atoms with Crippen molar-refractivity contribution in [1.29, 1.82) is 0 Å². The average molecular weight is 374 g/mol. The summed E-state index contributed by atoms with van der Waals surface area (Å²) in [6.45, 7) is 4.46. The molecule has 0 bridgehead atoms. The number of nitrogens with zero attached hydrogens (tertiary/aromatic N) is 3. The molecule has 27 heavy (non-hydrogen) atoms. The number of carbonyl (C=O) groups is 1. The normalized spacial score (nSPS) is 18.4. The minimum atomic E-state index is -0.700. The largest absolute Gasteiger partial charge is 0.493 e. The first-order valence-corrected chi connectivity index (χ1v) is 8.33. The van der Waals surface area contributed by atoms with Crippen molar-refractivity contribution in [1.82, 2.24) is 14.8 Å². The van der Waals surface area contributed by atoms with Crippen molar-refractivity contribution in [2.45, 2.75) is 6.04 Å². The molecule has 1 aliphatic heterocycles. The van der Waals surface area contributed by atoms with Gasteiger partial charge in [0, 0.05) is 12.8 Å². The number of rotatable bonds is 7. The second-order valence-corrected chi connectivity index (χ2v) is 5.88. The summed E-state index contributed by atoms with van der Waals surface area (Å²) >= 11 is 0. The van der Waals surface area contributed by atoms with Crippen molar-refractivity contribution in [3.63, 3.8) is 0 Å². The highest BCUT2D eigenvalue weighted by Gasteiger charge is 2.40. The predicted molar refractivity (Wildman–Crippen MR) is 96.8 cm³/mol. The van der Waals surface area contributed by atoms with E-state index in [4.69, 9.17) is 18.9 Å². The van der Waals surface area contributed by atoms with Gasteiger partial charge >= 0.3 is 5.97 Å². The van der Waals surface area contributed by atoms with Crippen LogP contribution in [-0.2, 0) is 14.3 Å². The number of benzene rings is 1. The highest BCUT2D eigenvalue weighted by atomic mass is 16.6. The van der Waals surface area contributed by atoms with Gasteiger partial charge in [-0.3, -0.25) is 4.79 Å². The Kier molecular flexibility index (Phi) is 5.60. The lowest BCUT2D eigenvalue weighted by Crippen LogP contribution is -2.38. The Morgan fingerprint density at radius 1 is 1.22 bits per heavy atom. The Morgan fingerprint density at radius 2 is 2.00 bits per heavy atom. The number of hydrogen-bond donors (Lipinski definition) is 1. The van der Waals surface area contributed by atoms with E-state index in [-0.39, 0.29) is 6.61 Å². The van der Waals surface area contributed by atoms with Crippen LogP contribution in [0.3, 0.4) is 0 Å². The number of hydrogen-bond acceptors (Lipinski definition) is 8. The molecule has 0 spiro atoms. The second kappa shape index (κ2) is 8.09. The van der Waals surface area contributed by atoms with Crippen molar-refractivity contribution >= 4 is 11.9 Å². The maximum Gasteiger partial charge on any atom is 0.317 e. The third-order valence-electron chi connectivity index (χ3n) is 4.33. The number of anilines is 1. The summed E-state index contributed by atoms with van der Waals surface area (Å²) in [5.74, 6) is 0.514. The van der Waals surface area contributed by atoms with Crippen LogP contribution in [0.15, 0.2) is 36.8 Å². The summed E-state index contributed by atoms with van der Waals surface area (Å²) in [6.07, 6.45) is 1.42. The molecule has 0 fully saturated rings. The van der Waals surface area contributed by atoms with Gasteiger partial charge in [0.2, 0.25) is 5.95 Å². The standard InChI is InChI=1S/C18H22N4O5/c1-11-15(17(23)27-8-7-24-2)16(22-18(21-11)19-10-20-22)12-5-6-13(25-3)14(9-12)26-4/h5-6,9-10,15-16H,1,7-8H2,2-4H3,(H,19,20,21)/t15-,16+/m1/s1. The van der Waals surface area contributed by atoms with Crippen molar-refractivity contribution in [2.24, 2.45) is 5.92 Å². The fourth-order valence-electron chi connectivity index (χ4n) is 3.05. The molecule has 9 heteroatoms. The van der Waals surface area contributed by atoms with Crippen molar-refractivity contribution in [3.8, 4) is 11.5 Å². The van der Waals surface area contributed by atoms with Crippen LogP contribution in [-0.4, -0.2) is 55.3 Å². The molecule has 144 valence electrons. The zero-order valence-electron chi connectivity index (χ0n) is 15.5. The highest BCUT2D eigenvalue weighted by molar-refractivity contribution is 5.79. The van der Waals surface area contributed by atoms with E-state index in [0.29, 0.717) is 29.8 Å². The smallest absolute Gasteiger partial charge is 0.317 e. The van der Waals surface area contributed by atoms with Gasteiger partial charge in [-0.1, -0.05) is 12.6 Å². The molecule has 2 heterocycles. The van der Waals surface area contributed by atoms with Crippen molar-refractivity contribution in [2.75, 3.05) is 39.9 Å². The van der Waals surface area contributed by atoms with Gasteiger partial charge in [0.05, 0.1) is 26.9 Å². The highest BCUT2D eigenvalue weighted by Crippen LogP contribution is 2.40. The lowest BCUT2D eigenvalue weighted by Gasteiger charge is -2.33. The second-order valence-electron chi connectivity index (χ2n) is 5.88. The lowest BCUT2D eigenvalue weighted by atomic mass is 9.89. The molecule has 9 nitrogen and oxygen atoms in total. The Bertz CT molecular complexity index is 835. The zero-order chi connectivity index (χ0) is 19.4. The number of ether oxygens (including phenoxy) is 4. The van der Waals surface area contributed by atoms with Crippen LogP contribution in [0.1, 0.15) is 11.6 Å². The quantitative estimate of drug-likeness (QED) is 0.577. The molecule has 0 amide bonds. The molecule has 1 aliphatic rings. The number of aromatic nitrogens is 3. The van der Waals surface area contributed by atoms with Gasteiger partial charge in [-0.05, 0) is 17.7 Å². The van der Waals surface area contributed by atoms with Gasteiger partial charge in [0.15, 0.2) is 11.5 Å². The van der Waals surface area contributed by atoms with Gasteiger partial charge < -0.3 is 24.3 Å². The molecule has 1 aromatic carbocycles. The van der Waals surface area contributed by atoms with Gasteiger partial charge in [0.1, 0.15) is 18.9 Å². The molecule has 0 aliphatic carbocycles. The van der Waals surface area contributed by atoms with Crippen LogP contribution < -0.4 is 14.8 Å². The number of methoxy groups -OCH3 is 3. The Hall–Kier alpha value is -3.07. The molecule has 3 rings (SSSR count). The first-order valence-electron chi connectivity index (χ1n) is 8.33. The number of nitrogens with one attached hydrogen (secondary N) is 1. The molecule has 0 unspecified atom stereocenters. The Morgan fingerprint density at radius 3 is 2.70 bits per heavy atom. The van der Waals surface area contributed by atoms with Crippen LogP contribution >= 0.6 is 0 Å². The molecular weight excluding hydrogens is 352 g/mol. The van der Waals surface area contributed by atoms with Gasteiger partial charge in [-0.2, -0.15) is 10.1 Å². The van der Waals surface area contributed by atoms with E-state index in [2.05, 4.69) is 22.0 Å². The van der Waals surface area contributed by atoms with E-state index in [9.17, 15) is 4.79 Å². The van der Waals surface area contributed by atoms with Crippen LogP contribution in [0.25, 0.3) is 0 Å². The van der Waals surface area contributed by atoms with Gasteiger partial charge in [-0.25, -0.2) is 4.68 Å². The Labute approximate surface area is 156 Å². The summed E-state index contributed by atoms with van der Waals surface area (Å²) in [4.78, 5) is 17.0. The van der Waals surface area contributed by atoms with E-state index in [0.717, 1.165) is 5.56 Å². The first-order chi connectivity index (χ1) is 13.1. The number of esters is 1. The van der Waals surface area contributed by atoms with E-state index in [1.165, 1.54) is 6.33 Å². The first kappa shape index (κ1) is 18.7. The topological polar surface area (TPSA) is 96.7 Å². The number of fused-ring (bicyclic) bond motifs is 1. The van der Waals surface area contributed by atoms with E-state index >= 15 is 0 Å². The van der Waals surface area contributed by atoms with Gasteiger partial charge in [-0.15, -0.1) is 0 Å². The minimum Gasteiger partial charge on any atom is -0.493 e.